The van der Waals surface area contributed by atoms with E-state index in [1.54, 1.807) is 0 Å². The quantitative estimate of drug-likeness (QED) is 0.768. The first-order valence-corrected chi connectivity index (χ1v) is 7.79. The van der Waals surface area contributed by atoms with Crippen molar-refractivity contribution in [1.82, 2.24) is 5.32 Å². The van der Waals surface area contributed by atoms with Crippen LogP contribution < -0.4 is 5.32 Å². The minimum absolute atomic E-state index is 0.109. The summed E-state index contributed by atoms with van der Waals surface area (Å²) in [6.45, 7) is 0. The zero-order valence-electron chi connectivity index (χ0n) is 9.95. The summed E-state index contributed by atoms with van der Waals surface area (Å²) in [5.74, 6) is 3.02. The van der Waals surface area contributed by atoms with Crippen molar-refractivity contribution in [2.75, 3.05) is 11.5 Å². The molecule has 90 valence electrons. The second kappa shape index (κ2) is 6.51. The van der Waals surface area contributed by atoms with Crippen LogP contribution in [0.5, 0.6) is 0 Å². The first-order valence-electron chi connectivity index (χ1n) is 6.63. The zero-order chi connectivity index (χ0) is 11.2. The molecule has 2 rings (SSSR count). The third-order valence-electron chi connectivity index (χ3n) is 3.85. The molecule has 1 saturated heterocycles. The van der Waals surface area contributed by atoms with E-state index in [0.717, 1.165) is 0 Å². The molecule has 3 heteroatoms. The van der Waals surface area contributed by atoms with Gasteiger partial charge in [0.05, 0.1) is 12.1 Å². The highest BCUT2D eigenvalue weighted by atomic mass is 32.2. The van der Waals surface area contributed by atoms with Crippen molar-refractivity contribution in [3.63, 3.8) is 0 Å². The fraction of sp³-hybridized carbons (Fsp3) is 0.923. The van der Waals surface area contributed by atoms with Crippen molar-refractivity contribution >= 4 is 11.8 Å². The molecular weight excluding hydrogens is 216 g/mol. The molecule has 1 aliphatic carbocycles. The molecule has 0 radical (unpaired) electrons. The number of thioether (sulfide) groups is 1. The van der Waals surface area contributed by atoms with Crippen LogP contribution >= 0.6 is 11.8 Å². The van der Waals surface area contributed by atoms with Crippen LogP contribution in [0.15, 0.2) is 0 Å². The van der Waals surface area contributed by atoms with Crippen LogP contribution in [0.1, 0.15) is 44.9 Å². The predicted molar refractivity (Wildman–Crippen MR) is 69.5 cm³/mol. The highest BCUT2D eigenvalue weighted by Gasteiger charge is 2.27. The lowest BCUT2D eigenvalue weighted by Crippen LogP contribution is -2.42. The van der Waals surface area contributed by atoms with Gasteiger partial charge in [0.1, 0.15) is 0 Å². The third-order valence-corrected chi connectivity index (χ3v) is 5.03. The van der Waals surface area contributed by atoms with Crippen LogP contribution in [0, 0.1) is 17.2 Å². The number of nitrogens with zero attached hydrogens (tertiary/aromatic N) is 1. The van der Waals surface area contributed by atoms with Crippen molar-refractivity contribution in [3.8, 4) is 6.07 Å². The highest BCUT2D eigenvalue weighted by Crippen LogP contribution is 2.27. The minimum atomic E-state index is 0.109. The lowest BCUT2D eigenvalue weighted by Gasteiger charge is -2.23. The van der Waals surface area contributed by atoms with Crippen LogP contribution in [-0.2, 0) is 0 Å². The van der Waals surface area contributed by atoms with Gasteiger partial charge in [0.2, 0.25) is 0 Å². The number of hydrogen-bond acceptors (Lipinski definition) is 3. The van der Waals surface area contributed by atoms with E-state index >= 15 is 0 Å². The van der Waals surface area contributed by atoms with Crippen LogP contribution in [0.2, 0.25) is 0 Å². The van der Waals surface area contributed by atoms with Gasteiger partial charge in [-0.2, -0.15) is 17.0 Å². The summed E-state index contributed by atoms with van der Waals surface area (Å²) in [5, 5.41) is 12.9. The molecule has 0 bridgehead atoms. The molecule has 2 unspecified atom stereocenters. The van der Waals surface area contributed by atoms with Crippen LogP contribution in [0.25, 0.3) is 0 Å². The Morgan fingerprint density at radius 3 is 2.44 bits per heavy atom. The Morgan fingerprint density at radius 1 is 1.12 bits per heavy atom. The summed E-state index contributed by atoms with van der Waals surface area (Å²) in [5.41, 5.74) is 0. The second-order valence-electron chi connectivity index (χ2n) is 5.09. The molecule has 2 fully saturated rings. The standard InChI is InChI=1S/C13H22N2S/c14-9-13(11-7-8-16-10-11)15-12-5-3-1-2-4-6-12/h11-13,15H,1-8,10H2. The molecule has 0 spiro atoms. The predicted octanol–water partition coefficient (Wildman–Crippen LogP) is 2.94. The summed E-state index contributed by atoms with van der Waals surface area (Å²) in [6.07, 6.45) is 9.23. The largest absolute Gasteiger partial charge is 0.299 e. The summed E-state index contributed by atoms with van der Waals surface area (Å²) in [4.78, 5) is 0. The molecule has 2 nitrogen and oxygen atoms in total. The average molecular weight is 238 g/mol. The summed E-state index contributed by atoms with van der Waals surface area (Å²) < 4.78 is 0. The van der Waals surface area contributed by atoms with Crippen molar-refractivity contribution in [1.29, 1.82) is 5.26 Å². The van der Waals surface area contributed by atoms with E-state index in [1.165, 1.54) is 56.5 Å². The molecule has 1 aliphatic heterocycles. The first-order chi connectivity index (χ1) is 7.90. The summed E-state index contributed by atoms with van der Waals surface area (Å²) in [6, 6.07) is 3.21. The molecule has 16 heavy (non-hydrogen) atoms. The monoisotopic (exact) mass is 238 g/mol. The maximum atomic E-state index is 9.27. The molecule has 2 atom stereocenters. The van der Waals surface area contributed by atoms with E-state index in [-0.39, 0.29) is 6.04 Å². The van der Waals surface area contributed by atoms with E-state index in [9.17, 15) is 5.26 Å². The van der Waals surface area contributed by atoms with E-state index in [0.29, 0.717) is 12.0 Å². The Labute approximate surface area is 103 Å². The van der Waals surface area contributed by atoms with Gasteiger partial charge in [0.15, 0.2) is 0 Å². The van der Waals surface area contributed by atoms with Gasteiger partial charge < -0.3 is 0 Å². The first kappa shape index (κ1) is 12.3. The summed E-state index contributed by atoms with van der Waals surface area (Å²) in [7, 11) is 0. The van der Waals surface area contributed by atoms with Crippen molar-refractivity contribution < 1.29 is 0 Å². The van der Waals surface area contributed by atoms with Crippen LogP contribution in [0.3, 0.4) is 0 Å². The van der Waals surface area contributed by atoms with Gasteiger partial charge in [-0.1, -0.05) is 25.7 Å². The Bertz CT molecular complexity index is 235. The normalized spacial score (nSPS) is 29.6. The average Bonchev–Trinajstić information content (AvgIpc) is 2.71. The minimum Gasteiger partial charge on any atom is -0.299 e. The lowest BCUT2D eigenvalue weighted by molar-refractivity contribution is 0.369. The number of nitriles is 1. The smallest absolute Gasteiger partial charge is 0.0991 e. The van der Waals surface area contributed by atoms with Crippen molar-refractivity contribution in [3.05, 3.63) is 0 Å². The van der Waals surface area contributed by atoms with Crippen LogP contribution in [0.4, 0.5) is 0 Å². The molecular formula is C13H22N2S. The van der Waals surface area contributed by atoms with Gasteiger partial charge in [-0.25, -0.2) is 0 Å². The second-order valence-corrected chi connectivity index (χ2v) is 6.24. The highest BCUT2D eigenvalue weighted by molar-refractivity contribution is 7.99. The molecule has 0 aromatic rings. The van der Waals surface area contributed by atoms with Gasteiger partial charge in [-0.15, -0.1) is 0 Å². The molecule has 2 aliphatic rings. The van der Waals surface area contributed by atoms with E-state index in [4.69, 9.17) is 0 Å². The third kappa shape index (κ3) is 3.40. The fourth-order valence-corrected chi connectivity index (χ4v) is 4.09. The number of rotatable bonds is 3. The zero-order valence-corrected chi connectivity index (χ0v) is 10.8. The van der Waals surface area contributed by atoms with Crippen LogP contribution in [-0.4, -0.2) is 23.6 Å². The maximum absolute atomic E-state index is 9.27. The Hall–Kier alpha value is -0.200. The van der Waals surface area contributed by atoms with E-state index < -0.39 is 0 Å². The fourth-order valence-electron chi connectivity index (χ4n) is 2.79. The molecule has 0 aromatic heterocycles. The molecule has 1 heterocycles. The van der Waals surface area contributed by atoms with Gasteiger partial charge in [-0.05, 0) is 36.7 Å². The number of hydrogen-bond donors (Lipinski definition) is 1. The van der Waals surface area contributed by atoms with Gasteiger partial charge in [-0.3, -0.25) is 5.32 Å². The Kier molecular flexibility index (Phi) is 4.99. The molecule has 0 amide bonds. The van der Waals surface area contributed by atoms with Gasteiger partial charge >= 0.3 is 0 Å². The Balaban J connectivity index is 1.82. The SMILES string of the molecule is N#CC(NC1CCCCCC1)C1CCSC1. The van der Waals surface area contributed by atoms with Gasteiger partial charge in [0.25, 0.3) is 0 Å². The van der Waals surface area contributed by atoms with E-state index in [2.05, 4.69) is 11.4 Å². The van der Waals surface area contributed by atoms with Crippen molar-refractivity contribution in [2.24, 2.45) is 5.92 Å². The maximum Gasteiger partial charge on any atom is 0.0991 e. The molecule has 0 aromatic carbocycles. The van der Waals surface area contributed by atoms with E-state index in [1.807, 2.05) is 11.8 Å². The summed E-state index contributed by atoms with van der Waals surface area (Å²) >= 11 is 2.00. The lowest BCUT2D eigenvalue weighted by atomic mass is 9.98. The van der Waals surface area contributed by atoms with Crippen molar-refractivity contribution in [2.45, 2.75) is 57.0 Å². The molecule has 1 N–H and O–H groups in total. The number of nitrogens with one attached hydrogen (secondary N) is 1. The van der Waals surface area contributed by atoms with Gasteiger partial charge in [0, 0.05) is 6.04 Å². The Morgan fingerprint density at radius 2 is 1.88 bits per heavy atom. The molecule has 1 saturated carbocycles. The topological polar surface area (TPSA) is 35.8 Å².